The van der Waals surface area contributed by atoms with Crippen molar-refractivity contribution in [1.82, 2.24) is 4.90 Å². The third kappa shape index (κ3) is 2.76. The average Bonchev–Trinajstić information content (AvgIpc) is 2.58. The van der Waals surface area contributed by atoms with Crippen LogP contribution < -0.4 is 0 Å². The highest BCUT2D eigenvalue weighted by Crippen LogP contribution is 2.23. The van der Waals surface area contributed by atoms with Crippen LogP contribution in [-0.2, 0) is 4.79 Å². The Kier molecular flexibility index (Phi) is 3.97. The van der Waals surface area contributed by atoms with Crippen LogP contribution in [0.5, 0.6) is 0 Å². The van der Waals surface area contributed by atoms with Crippen LogP contribution in [0.4, 0.5) is 0 Å². The Labute approximate surface area is 103 Å². The molecule has 0 aromatic heterocycles. The lowest BCUT2D eigenvalue weighted by molar-refractivity contribution is -0.127. The van der Waals surface area contributed by atoms with E-state index < -0.39 is 0 Å². The minimum Gasteiger partial charge on any atom is -0.312 e. The molecule has 1 aromatic carbocycles. The normalized spacial score (nSPS) is 18.1. The van der Waals surface area contributed by atoms with E-state index in [1.165, 1.54) is 0 Å². The molecule has 0 radical (unpaired) electrons. The predicted octanol–water partition coefficient (Wildman–Crippen LogP) is 3.45. The molecule has 0 aliphatic carbocycles. The highest BCUT2D eigenvalue weighted by molar-refractivity contribution is 5.87. The molecule has 0 bridgehead atoms. The van der Waals surface area contributed by atoms with E-state index in [-0.39, 0.29) is 5.91 Å². The molecule has 0 spiro atoms. The van der Waals surface area contributed by atoms with Crippen molar-refractivity contribution in [1.29, 1.82) is 0 Å². The first-order valence-corrected chi connectivity index (χ1v) is 6.35. The quantitative estimate of drug-likeness (QED) is 0.760. The molecule has 1 aromatic rings. The van der Waals surface area contributed by atoms with Crippen molar-refractivity contribution in [2.45, 2.75) is 32.6 Å². The third-order valence-corrected chi connectivity index (χ3v) is 3.21. The van der Waals surface area contributed by atoms with Gasteiger partial charge in [0.15, 0.2) is 0 Å². The van der Waals surface area contributed by atoms with E-state index in [9.17, 15) is 4.79 Å². The third-order valence-electron chi connectivity index (χ3n) is 3.21. The maximum absolute atomic E-state index is 12.1. The number of benzene rings is 1. The van der Waals surface area contributed by atoms with E-state index in [4.69, 9.17) is 0 Å². The van der Waals surface area contributed by atoms with Crippen LogP contribution in [0.2, 0.25) is 0 Å². The van der Waals surface area contributed by atoms with E-state index in [2.05, 4.69) is 12.1 Å². The molecule has 0 N–H and O–H groups in total. The van der Waals surface area contributed by atoms with Crippen LogP contribution in [0.1, 0.15) is 38.2 Å². The molecule has 2 nitrogen and oxygen atoms in total. The molecule has 0 saturated carbocycles. The summed E-state index contributed by atoms with van der Waals surface area (Å²) in [6.45, 7) is 2.86. The predicted molar refractivity (Wildman–Crippen MR) is 70.3 cm³/mol. The lowest BCUT2D eigenvalue weighted by atomic mass is 10.1. The Morgan fingerprint density at radius 1 is 1.18 bits per heavy atom. The van der Waals surface area contributed by atoms with Gasteiger partial charge in [0, 0.05) is 18.7 Å². The van der Waals surface area contributed by atoms with Crippen molar-refractivity contribution < 1.29 is 4.79 Å². The minimum atomic E-state index is 0.263. The van der Waals surface area contributed by atoms with Gasteiger partial charge < -0.3 is 4.90 Å². The highest BCUT2D eigenvalue weighted by atomic mass is 16.2. The second-order valence-corrected chi connectivity index (χ2v) is 4.40. The Balaban J connectivity index is 2.26. The monoisotopic (exact) mass is 229 g/mol. The number of likely N-dealkylation sites (tertiary alicyclic amines) is 1. The Morgan fingerprint density at radius 3 is 2.65 bits per heavy atom. The fourth-order valence-electron chi connectivity index (χ4n) is 2.32. The number of carbonyl (C=O) groups is 1. The molecular formula is C15H19NO. The molecule has 1 amide bonds. The fourth-order valence-corrected chi connectivity index (χ4v) is 2.32. The van der Waals surface area contributed by atoms with Gasteiger partial charge in [-0.1, -0.05) is 42.8 Å². The molecule has 0 unspecified atom stereocenters. The van der Waals surface area contributed by atoms with Gasteiger partial charge >= 0.3 is 0 Å². The molecule has 2 rings (SSSR count). The summed E-state index contributed by atoms with van der Waals surface area (Å²) in [5.41, 5.74) is 2.18. The second kappa shape index (κ2) is 5.67. The van der Waals surface area contributed by atoms with Crippen molar-refractivity contribution in [3.05, 3.63) is 42.0 Å². The topological polar surface area (TPSA) is 20.3 Å². The summed E-state index contributed by atoms with van der Waals surface area (Å²) < 4.78 is 0. The van der Waals surface area contributed by atoms with Gasteiger partial charge in [-0.3, -0.25) is 4.79 Å². The maximum Gasteiger partial charge on any atom is 0.226 e. The van der Waals surface area contributed by atoms with E-state index in [1.807, 2.05) is 36.1 Å². The summed E-state index contributed by atoms with van der Waals surface area (Å²) in [6, 6.07) is 10.2. The molecular weight excluding hydrogens is 210 g/mol. The molecule has 2 heteroatoms. The summed E-state index contributed by atoms with van der Waals surface area (Å²) in [5, 5.41) is 0. The molecule has 0 atom stereocenters. The zero-order valence-corrected chi connectivity index (χ0v) is 10.4. The number of hydrogen-bond donors (Lipinski definition) is 0. The van der Waals surface area contributed by atoms with E-state index in [1.54, 1.807) is 0 Å². The summed E-state index contributed by atoms with van der Waals surface area (Å²) in [5.74, 6) is 0.263. The fraction of sp³-hybridized carbons (Fsp3) is 0.400. The first kappa shape index (κ1) is 11.9. The number of amides is 1. The Bertz CT molecular complexity index is 408. The van der Waals surface area contributed by atoms with Crippen LogP contribution in [0.3, 0.4) is 0 Å². The molecule has 1 aliphatic rings. The van der Waals surface area contributed by atoms with Gasteiger partial charge in [-0.15, -0.1) is 0 Å². The largest absolute Gasteiger partial charge is 0.312 e. The van der Waals surface area contributed by atoms with Crippen molar-refractivity contribution in [2.24, 2.45) is 0 Å². The highest BCUT2D eigenvalue weighted by Gasteiger charge is 2.20. The van der Waals surface area contributed by atoms with E-state index in [0.717, 1.165) is 37.1 Å². The SMILES string of the molecule is CC=C(c1ccccc1)N1CCCCCC1=O. The molecule has 1 heterocycles. The number of hydrogen-bond acceptors (Lipinski definition) is 1. The summed E-state index contributed by atoms with van der Waals surface area (Å²) >= 11 is 0. The first-order valence-electron chi connectivity index (χ1n) is 6.35. The Morgan fingerprint density at radius 2 is 1.94 bits per heavy atom. The molecule has 17 heavy (non-hydrogen) atoms. The molecule has 90 valence electrons. The van der Waals surface area contributed by atoms with Crippen LogP contribution in [-0.4, -0.2) is 17.4 Å². The van der Waals surface area contributed by atoms with Crippen LogP contribution >= 0.6 is 0 Å². The summed E-state index contributed by atoms with van der Waals surface area (Å²) in [6.07, 6.45) is 6.02. The van der Waals surface area contributed by atoms with Crippen molar-refractivity contribution in [3.63, 3.8) is 0 Å². The number of nitrogens with zero attached hydrogens (tertiary/aromatic N) is 1. The van der Waals surface area contributed by atoms with E-state index in [0.29, 0.717) is 6.42 Å². The lowest BCUT2D eigenvalue weighted by Crippen LogP contribution is -2.28. The van der Waals surface area contributed by atoms with Gasteiger partial charge in [-0.2, -0.15) is 0 Å². The van der Waals surface area contributed by atoms with E-state index >= 15 is 0 Å². The summed E-state index contributed by atoms with van der Waals surface area (Å²) in [7, 11) is 0. The summed E-state index contributed by atoms with van der Waals surface area (Å²) in [4.78, 5) is 14.0. The van der Waals surface area contributed by atoms with Crippen molar-refractivity contribution in [3.8, 4) is 0 Å². The number of rotatable bonds is 2. The van der Waals surface area contributed by atoms with Crippen molar-refractivity contribution >= 4 is 11.6 Å². The lowest BCUT2D eigenvalue weighted by Gasteiger charge is -2.24. The maximum atomic E-state index is 12.1. The zero-order valence-electron chi connectivity index (χ0n) is 10.4. The minimum absolute atomic E-state index is 0.263. The zero-order chi connectivity index (χ0) is 12.1. The molecule has 1 fully saturated rings. The van der Waals surface area contributed by atoms with Gasteiger partial charge in [0.2, 0.25) is 5.91 Å². The Hall–Kier alpha value is -1.57. The first-order chi connectivity index (χ1) is 8.33. The van der Waals surface area contributed by atoms with Gasteiger partial charge in [0.1, 0.15) is 0 Å². The van der Waals surface area contributed by atoms with Crippen molar-refractivity contribution in [2.75, 3.05) is 6.54 Å². The van der Waals surface area contributed by atoms with Gasteiger partial charge in [-0.25, -0.2) is 0 Å². The number of allylic oxidation sites excluding steroid dienone is 1. The number of carbonyl (C=O) groups excluding carboxylic acids is 1. The van der Waals surface area contributed by atoms with Crippen LogP contribution in [0.25, 0.3) is 5.70 Å². The van der Waals surface area contributed by atoms with Crippen LogP contribution in [0, 0.1) is 0 Å². The molecule has 1 saturated heterocycles. The van der Waals surface area contributed by atoms with Crippen LogP contribution in [0.15, 0.2) is 36.4 Å². The molecule has 1 aliphatic heterocycles. The van der Waals surface area contributed by atoms with Gasteiger partial charge in [0.05, 0.1) is 0 Å². The average molecular weight is 229 g/mol. The second-order valence-electron chi connectivity index (χ2n) is 4.40. The van der Waals surface area contributed by atoms with Gasteiger partial charge in [-0.05, 0) is 25.3 Å². The standard InChI is InChI=1S/C15H19NO/c1-2-14(13-9-5-3-6-10-13)16-12-8-4-7-11-15(16)17/h2-3,5-6,9-10H,4,7-8,11-12H2,1H3. The van der Waals surface area contributed by atoms with Gasteiger partial charge in [0.25, 0.3) is 0 Å². The smallest absolute Gasteiger partial charge is 0.226 e.